The van der Waals surface area contributed by atoms with Crippen molar-refractivity contribution in [3.63, 3.8) is 0 Å². The van der Waals surface area contributed by atoms with Gasteiger partial charge in [0.25, 0.3) is 0 Å². The summed E-state index contributed by atoms with van der Waals surface area (Å²) >= 11 is 0. The Morgan fingerprint density at radius 1 is 1.11 bits per heavy atom. The maximum Gasteiger partial charge on any atom is 0.331 e. The standard InChI is InChI=1S/C14H25NO3/c1-10(2)11(3)12(16)15-14(13(17)18-4)8-6-5-7-9-14/h10-11H,5-9H2,1-4H3,(H,15,16)/t11-/m0/s1. The van der Waals surface area contributed by atoms with Crippen LogP contribution < -0.4 is 5.32 Å². The summed E-state index contributed by atoms with van der Waals surface area (Å²) in [7, 11) is 1.39. The van der Waals surface area contributed by atoms with Gasteiger partial charge in [-0.25, -0.2) is 4.79 Å². The molecule has 18 heavy (non-hydrogen) atoms. The van der Waals surface area contributed by atoms with E-state index in [0.717, 1.165) is 19.3 Å². The zero-order valence-corrected chi connectivity index (χ0v) is 11.9. The van der Waals surface area contributed by atoms with Crippen LogP contribution in [0.15, 0.2) is 0 Å². The Morgan fingerprint density at radius 2 is 1.67 bits per heavy atom. The van der Waals surface area contributed by atoms with Gasteiger partial charge in [-0.15, -0.1) is 0 Å². The molecule has 1 fully saturated rings. The number of ether oxygens (including phenoxy) is 1. The molecule has 1 aliphatic rings. The van der Waals surface area contributed by atoms with Gasteiger partial charge in [0.05, 0.1) is 7.11 Å². The molecule has 4 heteroatoms. The Hall–Kier alpha value is -1.06. The van der Waals surface area contributed by atoms with Crippen LogP contribution in [0.2, 0.25) is 0 Å². The smallest absolute Gasteiger partial charge is 0.331 e. The van der Waals surface area contributed by atoms with Gasteiger partial charge in [0.15, 0.2) is 0 Å². The number of carbonyl (C=O) groups is 2. The van der Waals surface area contributed by atoms with Crippen molar-refractivity contribution in [2.24, 2.45) is 11.8 Å². The third kappa shape index (κ3) is 3.24. The fourth-order valence-electron chi connectivity index (χ4n) is 2.38. The molecule has 0 unspecified atom stereocenters. The third-order valence-electron chi connectivity index (χ3n) is 4.06. The molecule has 0 aliphatic heterocycles. The van der Waals surface area contributed by atoms with E-state index < -0.39 is 5.54 Å². The molecular formula is C14H25NO3. The summed E-state index contributed by atoms with van der Waals surface area (Å²) in [5, 5.41) is 2.95. The summed E-state index contributed by atoms with van der Waals surface area (Å²) in [4.78, 5) is 24.1. The van der Waals surface area contributed by atoms with E-state index in [9.17, 15) is 9.59 Å². The number of carbonyl (C=O) groups excluding carboxylic acids is 2. The highest BCUT2D eigenvalue weighted by Crippen LogP contribution is 2.30. The van der Waals surface area contributed by atoms with Gasteiger partial charge in [-0.05, 0) is 18.8 Å². The Morgan fingerprint density at radius 3 is 2.11 bits per heavy atom. The van der Waals surface area contributed by atoms with Crippen LogP contribution >= 0.6 is 0 Å². The number of nitrogens with one attached hydrogen (secondary N) is 1. The van der Waals surface area contributed by atoms with E-state index in [0.29, 0.717) is 12.8 Å². The zero-order valence-electron chi connectivity index (χ0n) is 11.9. The maximum atomic E-state index is 12.2. The van der Waals surface area contributed by atoms with Crippen LogP contribution in [0.3, 0.4) is 0 Å². The molecule has 1 amide bonds. The minimum atomic E-state index is -0.784. The van der Waals surface area contributed by atoms with E-state index in [2.05, 4.69) is 5.32 Å². The fraction of sp³-hybridized carbons (Fsp3) is 0.857. The maximum absolute atomic E-state index is 12.2. The van der Waals surface area contributed by atoms with Crippen molar-refractivity contribution >= 4 is 11.9 Å². The van der Waals surface area contributed by atoms with Crippen LogP contribution in [0.4, 0.5) is 0 Å². The van der Waals surface area contributed by atoms with Crippen LogP contribution in [0.5, 0.6) is 0 Å². The highest BCUT2D eigenvalue weighted by molar-refractivity contribution is 5.89. The fourth-order valence-corrected chi connectivity index (χ4v) is 2.38. The number of rotatable bonds is 4. The molecule has 0 bridgehead atoms. The average molecular weight is 255 g/mol. The molecule has 0 aromatic heterocycles. The second-order valence-corrected chi connectivity index (χ2v) is 5.66. The molecule has 0 saturated heterocycles. The molecule has 0 aromatic rings. The minimum Gasteiger partial charge on any atom is -0.467 e. The lowest BCUT2D eigenvalue weighted by Gasteiger charge is -2.36. The first-order valence-electron chi connectivity index (χ1n) is 6.83. The van der Waals surface area contributed by atoms with Crippen LogP contribution in [0.25, 0.3) is 0 Å². The second-order valence-electron chi connectivity index (χ2n) is 5.66. The predicted molar refractivity (Wildman–Crippen MR) is 70.0 cm³/mol. The molecule has 1 rings (SSSR count). The van der Waals surface area contributed by atoms with Crippen LogP contribution in [-0.2, 0) is 14.3 Å². The van der Waals surface area contributed by atoms with Crippen molar-refractivity contribution in [3.05, 3.63) is 0 Å². The van der Waals surface area contributed by atoms with E-state index >= 15 is 0 Å². The van der Waals surface area contributed by atoms with Gasteiger partial charge in [-0.3, -0.25) is 4.79 Å². The Labute approximate surface area is 109 Å². The van der Waals surface area contributed by atoms with Gasteiger partial charge in [-0.2, -0.15) is 0 Å². The summed E-state index contributed by atoms with van der Waals surface area (Å²) in [5.41, 5.74) is -0.784. The number of amides is 1. The monoisotopic (exact) mass is 255 g/mol. The lowest BCUT2D eigenvalue weighted by atomic mass is 9.81. The van der Waals surface area contributed by atoms with E-state index in [1.807, 2.05) is 20.8 Å². The lowest BCUT2D eigenvalue weighted by Crippen LogP contribution is -2.57. The van der Waals surface area contributed by atoms with Gasteiger partial charge >= 0.3 is 5.97 Å². The van der Waals surface area contributed by atoms with Crippen molar-refractivity contribution in [1.29, 1.82) is 0 Å². The Balaban J connectivity index is 2.79. The van der Waals surface area contributed by atoms with Crippen molar-refractivity contribution in [2.45, 2.75) is 58.4 Å². The van der Waals surface area contributed by atoms with E-state index in [-0.39, 0.29) is 23.7 Å². The van der Waals surface area contributed by atoms with E-state index in [1.54, 1.807) is 0 Å². The van der Waals surface area contributed by atoms with Gasteiger partial charge in [0.2, 0.25) is 5.91 Å². The first-order chi connectivity index (χ1) is 8.43. The van der Waals surface area contributed by atoms with Crippen LogP contribution in [-0.4, -0.2) is 24.5 Å². The highest BCUT2D eigenvalue weighted by Gasteiger charge is 2.42. The molecule has 1 saturated carbocycles. The van der Waals surface area contributed by atoms with E-state index in [1.165, 1.54) is 7.11 Å². The topological polar surface area (TPSA) is 55.4 Å². The summed E-state index contributed by atoms with van der Waals surface area (Å²) in [5.74, 6) is -0.166. The predicted octanol–water partition coefficient (Wildman–Crippen LogP) is 2.27. The van der Waals surface area contributed by atoms with Gasteiger partial charge in [0, 0.05) is 5.92 Å². The summed E-state index contributed by atoms with van der Waals surface area (Å²) < 4.78 is 4.88. The Bertz CT molecular complexity index is 306. The summed E-state index contributed by atoms with van der Waals surface area (Å²) in [6, 6.07) is 0. The zero-order chi connectivity index (χ0) is 13.8. The number of esters is 1. The van der Waals surface area contributed by atoms with Crippen LogP contribution in [0.1, 0.15) is 52.9 Å². The molecule has 0 aromatic carbocycles. The van der Waals surface area contributed by atoms with Crippen molar-refractivity contribution in [3.8, 4) is 0 Å². The summed E-state index contributed by atoms with van der Waals surface area (Å²) in [6.45, 7) is 5.92. The second kappa shape index (κ2) is 6.21. The van der Waals surface area contributed by atoms with Crippen molar-refractivity contribution in [1.82, 2.24) is 5.32 Å². The average Bonchev–Trinajstić information content (AvgIpc) is 2.37. The molecule has 0 heterocycles. The Kier molecular flexibility index (Phi) is 5.17. The molecule has 0 radical (unpaired) electrons. The molecule has 104 valence electrons. The largest absolute Gasteiger partial charge is 0.467 e. The van der Waals surface area contributed by atoms with E-state index in [4.69, 9.17) is 4.74 Å². The number of hydrogen-bond donors (Lipinski definition) is 1. The first kappa shape index (κ1) is 15.0. The van der Waals surface area contributed by atoms with Crippen molar-refractivity contribution < 1.29 is 14.3 Å². The van der Waals surface area contributed by atoms with Gasteiger partial charge in [-0.1, -0.05) is 40.0 Å². The highest BCUT2D eigenvalue weighted by atomic mass is 16.5. The van der Waals surface area contributed by atoms with Crippen molar-refractivity contribution in [2.75, 3.05) is 7.11 Å². The summed E-state index contributed by atoms with van der Waals surface area (Å²) in [6.07, 6.45) is 4.43. The molecule has 1 N–H and O–H groups in total. The van der Waals surface area contributed by atoms with Crippen LogP contribution in [0, 0.1) is 11.8 Å². The van der Waals surface area contributed by atoms with Gasteiger partial charge in [0.1, 0.15) is 5.54 Å². The molecule has 0 spiro atoms. The lowest BCUT2D eigenvalue weighted by molar-refractivity contribution is -0.153. The number of hydrogen-bond acceptors (Lipinski definition) is 3. The minimum absolute atomic E-state index is 0.0442. The molecule has 1 aliphatic carbocycles. The molecule has 4 nitrogen and oxygen atoms in total. The quantitative estimate of drug-likeness (QED) is 0.784. The molecule has 1 atom stereocenters. The normalized spacial score (nSPS) is 20.3. The first-order valence-corrected chi connectivity index (χ1v) is 6.83. The molecular weight excluding hydrogens is 230 g/mol. The van der Waals surface area contributed by atoms with Gasteiger partial charge < -0.3 is 10.1 Å². The third-order valence-corrected chi connectivity index (χ3v) is 4.06. The number of methoxy groups -OCH3 is 1. The SMILES string of the molecule is COC(=O)C1(NC(=O)[C@@H](C)C(C)C)CCCCC1.